The molecule has 0 radical (unpaired) electrons. The number of halogens is 3. The van der Waals surface area contributed by atoms with Crippen molar-refractivity contribution in [2.45, 2.75) is 11.1 Å². The highest BCUT2D eigenvalue weighted by Crippen LogP contribution is 2.24. The lowest BCUT2D eigenvalue weighted by atomic mass is 9.98. The minimum atomic E-state index is -5.84. The highest BCUT2D eigenvalue weighted by molar-refractivity contribution is 7.86. The zero-order chi connectivity index (χ0) is 14.2. The lowest BCUT2D eigenvalue weighted by Gasteiger charge is -2.35. The first-order valence-electron chi connectivity index (χ1n) is 4.65. The van der Waals surface area contributed by atoms with Crippen LogP contribution in [-0.2, 0) is 14.9 Å². The lowest BCUT2D eigenvalue weighted by molar-refractivity contribution is -0.0510. The van der Waals surface area contributed by atoms with Crippen LogP contribution in [0.4, 0.5) is 18.0 Å². The fourth-order valence-electron chi connectivity index (χ4n) is 1.38. The van der Waals surface area contributed by atoms with Gasteiger partial charge in [-0.15, -0.1) is 0 Å². The first kappa shape index (κ1) is 15.0. The van der Waals surface area contributed by atoms with Crippen molar-refractivity contribution in [1.82, 2.24) is 10.2 Å². The summed E-state index contributed by atoms with van der Waals surface area (Å²) < 4.78 is 62.7. The summed E-state index contributed by atoms with van der Waals surface area (Å²) in [6.07, 6.45) is -0.193. The van der Waals surface area contributed by atoms with Crippen molar-refractivity contribution in [3.8, 4) is 0 Å². The molecule has 0 saturated carbocycles. The van der Waals surface area contributed by atoms with E-state index < -0.39 is 15.6 Å². The Kier molecular flexibility index (Phi) is 3.79. The molecule has 0 aromatic heterocycles. The molecule has 2 rings (SSSR count). The van der Waals surface area contributed by atoms with Gasteiger partial charge in [-0.05, 0) is 0 Å². The number of likely N-dealkylation sites (N-methyl/N-ethyl adjacent to an activating group) is 1. The van der Waals surface area contributed by atoms with E-state index in [9.17, 15) is 18.0 Å². The van der Waals surface area contributed by atoms with E-state index >= 15 is 0 Å². The van der Waals surface area contributed by atoms with Crippen molar-refractivity contribution < 1.29 is 35.7 Å². The highest BCUT2D eigenvalue weighted by atomic mass is 32.2. The second-order valence-electron chi connectivity index (χ2n) is 3.93. The number of hydrogen-bond donors (Lipinski definition) is 2. The molecule has 1 amide bonds. The van der Waals surface area contributed by atoms with Crippen molar-refractivity contribution in [2.24, 2.45) is 0 Å². The van der Waals surface area contributed by atoms with Crippen LogP contribution in [0.15, 0.2) is 0 Å². The maximum absolute atomic E-state index is 10.9. The van der Waals surface area contributed by atoms with Crippen LogP contribution >= 0.6 is 0 Å². The van der Waals surface area contributed by atoms with Gasteiger partial charge < -0.3 is 15.0 Å². The Hall–Kier alpha value is -1.07. The average molecular weight is 292 g/mol. The first-order valence-corrected chi connectivity index (χ1v) is 6.09. The molecule has 0 aromatic rings. The van der Waals surface area contributed by atoms with Gasteiger partial charge in [0.15, 0.2) is 5.60 Å². The predicted molar refractivity (Wildman–Crippen MR) is 52.3 cm³/mol. The number of carbonyl (C=O) groups excluding carboxylic acids is 1. The molecule has 0 aliphatic carbocycles. The van der Waals surface area contributed by atoms with Crippen molar-refractivity contribution in [1.29, 1.82) is 0 Å². The van der Waals surface area contributed by atoms with Crippen LogP contribution in [0.3, 0.4) is 0 Å². The summed E-state index contributed by atoms with van der Waals surface area (Å²) in [6.45, 7) is 2.35. The van der Waals surface area contributed by atoms with Crippen LogP contribution in [-0.4, -0.2) is 61.8 Å². The van der Waals surface area contributed by atoms with Crippen molar-refractivity contribution in [3.05, 3.63) is 0 Å². The Morgan fingerprint density at radius 2 is 1.89 bits per heavy atom. The summed E-state index contributed by atoms with van der Waals surface area (Å²) in [4.78, 5) is 12.5. The highest BCUT2D eigenvalue weighted by Gasteiger charge is 2.48. The second kappa shape index (κ2) is 4.55. The Balaban J connectivity index is 0.000000187. The number of carbonyl (C=O) groups is 1. The predicted octanol–water partition coefficient (Wildman–Crippen LogP) is -0.196. The molecule has 0 unspecified atom stereocenters. The molecule has 0 aromatic carbocycles. The van der Waals surface area contributed by atoms with E-state index in [0.717, 1.165) is 19.6 Å². The monoisotopic (exact) mass is 292 g/mol. The molecule has 7 nitrogen and oxygen atoms in total. The largest absolute Gasteiger partial charge is 0.522 e. The first-order chi connectivity index (χ1) is 7.97. The SMILES string of the molecule is CN1CC2(CNC2)OC1=O.O=S(=O)(O)C(F)(F)F. The third kappa shape index (κ3) is 3.23. The minimum Gasteiger partial charge on any atom is -0.438 e. The van der Waals surface area contributed by atoms with E-state index in [0.29, 0.717) is 0 Å². The molecule has 2 aliphatic rings. The number of amides is 1. The molecular formula is C7H11F3N2O5S. The number of alkyl halides is 3. The van der Waals surface area contributed by atoms with E-state index in [1.165, 1.54) is 0 Å². The van der Waals surface area contributed by atoms with E-state index in [2.05, 4.69) is 5.32 Å². The molecule has 2 saturated heterocycles. The van der Waals surface area contributed by atoms with Crippen LogP contribution in [0.25, 0.3) is 0 Å². The van der Waals surface area contributed by atoms with Gasteiger partial charge in [0.2, 0.25) is 0 Å². The third-order valence-corrected chi connectivity index (χ3v) is 2.91. The summed E-state index contributed by atoms with van der Waals surface area (Å²) in [5.74, 6) is 0. The summed E-state index contributed by atoms with van der Waals surface area (Å²) in [5.41, 5.74) is -5.71. The van der Waals surface area contributed by atoms with Gasteiger partial charge in [0, 0.05) is 20.1 Å². The summed E-state index contributed by atoms with van der Waals surface area (Å²) >= 11 is 0. The van der Waals surface area contributed by atoms with Crippen LogP contribution < -0.4 is 5.32 Å². The standard InChI is InChI=1S/C6H10N2O2.CHF3O3S/c1-8-4-6(2-7-3-6)10-5(8)9;2-1(3,4)8(5,6)7/h7H,2-4H2,1H3;(H,5,6,7). The number of hydrogen-bond acceptors (Lipinski definition) is 5. The van der Waals surface area contributed by atoms with Gasteiger partial charge >= 0.3 is 21.7 Å². The number of nitrogens with one attached hydrogen (secondary N) is 1. The smallest absolute Gasteiger partial charge is 0.438 e. The zero-order valence-electron chi connectivity index (χ0n) is 9.19. The van der Waals surface area contributed by atoms with Gasteiger partial charge in [-0.2, -0.15) is 21.6 Å². The molecule has 2 fully saturated rings. The maximum atomic E-state index is 10.9. The molecule has 11 heteroatoms. The fourth-order valence-corrected chi connectivity index (χ4v) is 1.38. The topological polar surface area (TPSA) is 95.9 Å². The van der Waals surface area contributed by atoms with E-state index in [1.54, 1.807) is 11.9 Å². The summed E-state index contributed by atoms with van der Waals surface area (Å²) in [5, 5.41) is 3.08. The van der Waals surface area contributed by atoms with Crippen molar-refractivity contribution in [2.75, 3.05) is 26.7 Å². The summed E-state index contributed by atoms with van der Waals surface area (Å²) in [6, 6.07) is 0. The van der Waals surface area contributed by atoms with E-state index in [4.69, 9.17) is 17.7 Å². The van der Waals surface area contributed by atoms with Gasteiger partial charge in [0.05, 0.1) is 6.54 Å². The van der Waals surface area contributed by atoms with Gasteiger partial charge in [0.1, 0.15) is 0 Å². The lowest BCUT2D eigenvalue weighted by Crippen LogP contribution is -2.61. The molecule has 106 valence electrons. The minimum absolute atomic E-state index is 0.175. The second-order valence-corrected chi connectivity index (χ2v) is 5.34. The van der Waals surface area contributed by atoms with Crippen LogP contribution in [0.5, 0.6) is 0 Å². The van der Waals surface area contributed by atoms with Crippen molar-refractivity contribution in [3.63, 3.8) is 0 Å². The van der Waals surface area contributed by atoms with Crippen LogP contribution in [0.1, 0.15) is 0 Å². The average Bonchev–Trinajstić information content (AvgIpc) is 2.40. The number of nitrogens with zero attached hydrogens (tertiary/aromatic N) is 1. The molecule has 2 N–H and O–H groups in total. The van der Waals surface area contributed by atoms with E-state index in [-0.39, 0.29) is 11.7 Å². The Bertz CT molecular complexity index is 431. The van der Waals surface area contributed by atoms with Gasteiger partial charge in [-0.1, -0.05) is 0 Å². The fraction of sp³-hybridized carbons (Fsp3) is 0.857. The molecule has 0 atom stereocenters. The van der Waals surface area contributed by atoms with Crippen LogP contribution in [0.2, 0.25) is 0 Å². The number of rotatable bonds is 0. The normalized spacial score (nSPS) is 22.1. The molecule has 18 heavy (non-hydrogen) atoms. The van der Waals surface area contributed by atoms with E-state index in [1.807, 2.05) is 0 Å². The Morgan fingerprint density at radius 1 is 1.44 bits per heavy atom. The maximum Gasteiger partial charge on any atom is 0.522 e. The number of ether oxygens (including phenoxy) is 1. The van der Waals surface area contributed by atoms with Gasteiger partial charge in [0.25, 0.3) is 0 Å². The molecule has 1 spiro atoms. The third-order valence-electron chi connectivity index (χ3n) is 2.33. The van der Waals surface area contributed by atoms with Gasteiger partial charge in [-0.25, -0.2) is 4.79 Å². The Labute approximate surface area is 101 Å². The van der Waals surface area contributed by atoms with Crippen molar-refractivity contribution >= 4 is 16.2 Å². The van der Waals surface area contributed by atoms with Crippen LogP contribution in [0, 0.1) is 0 Å². The molecule has 0 bridgehead atoms. The summed E-state index contributed by atoms with van der Waals surface area (Å²) in [7, 11) is -4.08. The molecule has 2 aliphatic heterocycles. The molecule has 2 heterocycles. The van der Waals surface area contributed by atoms with Gasteiger partial charge in [-0.3, -0.25) is 4.55 Å². The molecular weight excluding hydrogens is 281 g/mol. The quantitative estimate of drug-likeness (QED) is 0.474. The Morgan fingerprint density at radius 3 is 2.00 bits per heavy atom. The zero-order valence-corrected chi connectivity index (χ0v) is 10.0.